The fourth-order valence-corrected chi connectivity index (χ4v) is 3.09. The minimum Gasteiger partial charge on any atom is -0.480 e. The lowest BCUT2D eigenvalue weighted by Gasteiger charge is -2.34. The lowest BCUT2D eigenvalue weighted by atomic mass is 9.89. The number of carboxylic acid groups (broad SMARTS) is 3. The van der Waals surface area contributed by atoms with Crippen LogP contribution < -0.4 is 0 Å². The molecule has 11 heteroatoms. The summed E-state index contributed by atoms with van der Waals surface area (Å²) in [6, 6.07) is 0. The molecule has 1 unspecified atom stereocenters. The fraction of sp³-hybridized carbons (Fsp3) is 0.818. The maximum absolute atomic E-state index is 11.3. The highest BCUT2D eigenvalue weighted by Crippen LogP contribution is 2.20. The summed E-state index contributed by atoms with van der Waals surface area (Å²) in [5, 5.41) is 37.6. The topological polar surface area (TPSA) is 154 Å². The van der Waals surface area contributed by atoms with E-state index in [1.165, 1.54) is 6.21 Å². The largest absolute Gasteiger partial charge is 0.480 e. The van der Waals surface area contributed by atoms with Crippen LogP contribution in [0.3, 0.4) is 0 Å². The van der Waals surface area contributed by atoms with E-state index in [-0.39, 0.29) is 25.0 Å². The number of hydrogen-bond donors (Lipinski definition) is 4. The van der Waals surface area contributed by atoms with Gasteiger partial charge < -0.3 is 20.4 Å². The molecule has 0 heterocycles. The molecule has 33 heavy (non-hydrogen) atoms. The van der Waals surface area contributed by atoms with Crippen LogP contribution in [0.5, 0.6) is 0 Å². The zero-order valence-corrected chi connectivity index (χ0v) is 20.4. The van der Waals surface area contributed by atoms with Gasteiger partial charge in [-0.25, -0.2) is 0 Å². The molecule has 0 aromatic rings. The molecule has 1 atom stereocenters. The molecule has 0 fully saturated rings. The molecule has 0 amide bonds. The molecular formula is C22H42N4O7. The summed E-state index contributed by atoms with van der Waals surface area (Å²) in [6.45, 7) is 10.7. The van der Waals surface area contributed by atoms with Crippen molar-refractivity contribution in [2.24, 2.45) is 10.4 Å². The van der Waals surface area contributed by atoms with Gasteiger partial charge in [0.2, 0.25) is 0 Å². The molecule has 0 bridgehead atoms. The van der Waals surface area contributed by atoms with Gasteiger partial charge in [0.05, 0.1) is 19.2 Å². The van der Waals surface area contributed by atoms with Gasteiger partial charge in [0, 0.05) is 45.5 Å². The number of carbonyl (C=O) groups is 3. The summed E-state index contributed by atoms with van der Waals surface area (Å²) >= 11 is 0. The van der Waals surface area contributed by atoms with Crippen molar-refractivity contribution in [2.45, 2.75) is 46.6 Å². The Morgan fingerprint density at radius 1 is 0.818 bits per heavy atom. The molecule has 0 aromatic heterocycles. The van der Waals surface area contributed by atoms with Crippen LogP contribution in [0.2, 0.25) is 0 Å². The molecule has 0 rings (SSSR count). The first-order chi connectivity index (χ1) is 15.3. The van der Waals surface area contributed by atoms with Crippen molar-refractivity contribution in [1.82, 2.24) is 14.7 Å². The average Bonchev–Trinajstić information content (AvgIpc) is 2.67. The number of hydrogen-bond acceptors (Lipinski definition) is 8. The molecule has 0 aliphatic rings. The summed E-state index contributed by atoms with van der Waals surface area (Å²) in [5.41, 5.74) is -0.330. The Morgan fingerprint density at radius 2 is 1.30 bits per heavy atom. The van der Waals surface area contributed by atoms with E-state index < -0.39 is 24.0 Å². The Morgan fingerprint density at radius 3 is 1.73 bits per heavy atom. The highest BCUT2D eigenvalue weighted by atomic mass is 16.4. The minimum absolute atomic E-state index is 0.0513. The first-order valence-electron chi connectivity index (χ1n) is 11.3. The van der Waals surface area contributed by atoms with Crippen molar-refractivity contribution in [3.8, 4) is 0 Å². The minimum atomic E-state index is -1.03. The van der Waals surface area contributed by atoms with Gasteiger partial charge in [-0.05, 0) is 24.8 Å². The highest BCUT2D eigenvalue weighted by Gasteiger charge is 2.25. The number of aliphatic imine (C=N–C) groups is 1. The van der Waals surface area contributed by atoms with Crippen LogP contribution in [-0.2, 0) is 14.4 Å². The van der Waals surface area contributed by atoms with Crippen LogP contribution in [0, 0.1) is 5.41 Å². The van der Waals surface area contributed by atoms with E-state index in [0.29, 0.717) is 52.2 Å². The summed E-state index contributed by atoms with van der Waals surface area (Å²) in [6.07, 6.45) is 2.13. The van der Waals surface area contributed by atoms with Crippen molar-refractivity contribution < 1.29 is 34.8 Å². The van der Waals surface area contributed by atoms with Crippen LogP contribution in [0.1, 0.15) is 40.5 Å². The zero-order valence-electron chi connectivity index (χ0n) is 20.4. The predicted molar refractivity (Wildman–Crippen MR) is 126 cm³/mol. The van der Waals surface area contributed by atoms with Crippen molar-refractivity contribution in [2.75, 3.05) is 65.4 Å². The van der Waals surface area contributed by atoms with Gasteiger partial charge in [0.1, 0.15) is 6.54 Å². The Kier molecular flexibility index (Phi) is 15.5. The fourth-order valence-electron chi connectivity index (χ4n) is 3.09. The van der Waals surface area contributed by atoms with E-state index in [1.807, 2.05) is 37.5 Å². The standard InChI is InChI=1S/C22H42N4O7/c1-5-8-24(16-20(30)31)10-12-26(15-18(27)22(2,3)4)13-11-25(17-21(32)33)9-6-7-23-14-19(28)29/h7,18,27H,5-6,8-17H2,1-4H3,(H,28,29)(H,30,31)(H,32,33). The molecule has 192 valence electrons. The van der Waals surface area contributed by atoms with E-state index >= 15 is 0 Å². The second-order valence-electron chi connectivity index (χ2n) is 9.23. The Balaban J connectivity index is 5.09. The molecule has 0 saturated carbocycles. The molecular weight excluding hydrogens is 432 g/mol. The van der Waals surface area contributed by atoms with E-state index in [4.69, 9.17) is 10.2 Å². The van der Waals surface area contributed by atoms with Gasteiger partial charge in [-0.15, -0.1) is 0 Å². The summed E-state index contributed by atoms with van der Waals surface area (Å²) in [4.78, 5) is 42.3. The van der Waals surface area contributed by atoms with E-state index in [0.717, 1.165) is 6.42 Å². The monoisotopic (exact) mass is 474 g/mol. The summed E-state index contributed by atoms with van der Waals surface area (Å²) in [7, 11) is 0. The predicted octanol–water partition coefficient (Wildman–Crippen LogP) is 0.424. The molecule has 0 aromatic carbocycles. The van der Waals surface area contributed by atoms with Crippen LogP contribution in [-0.4, -0.2) is 131 Å². The maximum Gasteiger partial charge on any atom is 0.325 e. The lowest BCUT2D eigenvalue weighted by molar-refractivity contribution is -0.139. The van der Waals surface area contributed by atoms with E-state index in [9.17, 15) is 24.6 Å². The van der Waals surface area contributed by atoms with Crippen LogP contribution in [0.25, 0.3) is 0 Å². The Labute approximate surface area is 196 Å². The second-order valence-corrected chi connectivity index (χ2v) is 9.23. The average molecular weight is 475 g/mol. The first-order valence-corrected chi connectivity index (χ1v) is 11.3. The molecule has 0 spiro atoms. The van der Waals surface area contributed by atoms with Crippen molar-refractivity contribution in [1.29, 1.82) is 0 Å². The second kappa shape index (κ2) is 16.5. The van der Waals surface area contributed by atoms with Gasteiger partial charge in [-0.1, -0.05) is 27.7 Å². The SMILES string of the molecule is CCCN(CCN(CCN(CCC=NCC(=O)O)CC(=O)O)CC(O)C(C)(C)C)CC(=O)O. The van der Waals surface area contributed by atoms with Gasteiger partial charge in [-0.2, -0.15) is 0 Å². The maximum atomic E-state index is 11.3. The van der Waals surface area contributed by atoms with Gasteiger partial charge >= 0.3 is 17.9 Å². The van der Waals surface area contributed by atoms with E-state index in [1.54, 1.807) is 4.90 Å². The molecule has 11 nitrogen and oxygen atoms in total. The quantitative estimate of drug-likeness (QED) is 0.194. The van der Waals surface area contributed by atoms with Crippen molar-refractivity contribution >= 4 is 24.1 Å². The van der Waals surface area contributed by atoms with Crippen LogP contribution in [0.15, 0.2) is 4.99 Å². The van der Waals surface area contributed by atoms with Gasteiger partial charge in [0.25, 0.3) is 0 Å². The molecule has 0 aliphatic heterocycles. The summed E-state index contributed by atoms with van der Waals surface area (Å²) in [5.74, 6) is -2.88. The van der Waals surface area contributed by atoms with Crippen molar-refractivity contribution in [3.63, 3.8) is 0 Å². The third-order valence-corrected chi connectivity index (χ3v) is 5.08. The number of aliphatic hydroxyl groups is 1. The number of nitrogens with zero attached hydrogens (tertiary/aromatic N) is 4. The third kappa shape index (κ3) is 17.1. The lowest BCUT2D eigenvalue weighted by Crippen LogP contribution is -2.46. The molecule has 0 saturated heterocycles. The molecule has 0 radical (unpaired) electrons. The number of aliphatic carboxylic acids is 3. The Bertz CT molecular complexity index is 622. The first kappa shape index (κ1) is 30.9. The Hall–Kier alpha value is -2.08. The number of rotatable bonds is 19. The summed E-state index contributed by atoms with van der Waals surface area (Å²) < 4.78 is 0. The number of aliphatic hydroxyl groups excluding tert-OH is 1. The third-order valence-electron chi connectivity index (χ3n) is 5.08. The van der Waals surface area contributed by atoms with Crippen LogP contribution >= 0.6 is 0 Å². The van der Waals surface area contributed by atoms with Gasteiger partial charge in [0.15, 0.2) is 0 Å². The normalized spacial score (nSPS) is 13.3. The zero-order chi connectivity index (χ0) is 25.4. The van der Waals surface area contributed by atoms with Crippen molar-refractivity contribution in [3.05, 3.63) is 0 Å². The highest BCUT2D eigenvalue weighted by molar-refractivity contribution is 5.72. The van der Waals surface area contributed by atoms with Gasteiger partial charge in [-0.3, -0.25) is 34.1 Å². The van der Waals surface area contributed by atoms with E-state index in [2.05, 4.69) is 4.99 Å². The number of carboxylic acids is 3. The van der Waals surface area contributed by atoms with Crippen LogP contribution in [0.4, 0.5) is 0 Å². The molecule has 0 aliphatic carbocycles. The molecule has 4 N–H and O–H groups in total. The smallest absolute Gasteiger partial charge is 0.325 e.